The van der Waals surface area contributed by atoms with Crippen molar-refractivity contribution in [3.8, 4) is 0 Å². The first-order valence-corrected chi connectivity index (χ1v) is 7.74. The van der Waals surface area contributed by atoms with Crippen molar-refractivity contribution in [1.82, 2.24) is 10.2 Å². The van der Waals surface area contributed by atoms with Crippen LogP contribution in [0, 0.1) is 0 Å². The minimum absolute atomic E-state index is 0.231. The number of piperidine rings is 1. The van der Waals surface area contributed by atoms with E-state index in [-0.39, 0.29) is 5.91 Å². The minimum atomic E-state index is 0.231. The summed E-state index contributed by atoms with van der Waals surface area (Å²) in [4.78, 5) is 14.5. The Morgan fingerprint density at radius 1 is 1.53 bits per heavy atom. The van der Waals surface area contributed by atoms with E-state index >= 15 is 0 Å². The van der Waals surface area contributed by atoms with E-state index in [1.807, 2.05) is 29.2 Å². The summed E-state index contributed by atoms with van der Waals surface area (Å²) in [6.45, 7) is 4.86. The Morgan fingerprint density at radius 3 is 3.00 bits per heavy atom. The highest BCUT2D eigenvalue weighted by Gasteiger charge is 2.23. The molecule has 1 aromatic carbocycles. The summed E-state index contributed by atoms with van der Waals surface area (Å²) in [7, 11) is 0. The Hall–Kier alpha value is -0.870. The summed E-state index contributed by atoms with van der Waals surface area (Å²) in [6, 6.07) is 8.35. The average Bonchev–Trinajstić information content (AvgIpc) is 2.41. The van der Waals surface area contributed by atoms with Crippen molar-refractivity contribution >= 4 is 21.8 Å². The van der Waals surface area contributed by atoms with Gasteiger partial charge in [-0.3, -0.25) is 4.79 Å². The predicted octanol–water partition coefficient (Wildman–Crippen LogP) is 2.59. The summed E-state index contributed by atoms with van der Waals surface area (Å²) in [5.41, 5.74) is 1.07. The number of nitrogens with zero attached hydrogens (tertiary/aromatic N) is 1. The van der Waals surface area contributed by atoms with Crippen molar-refractivity contribution in [1.29, 1.82) is 0 Å². The van der Waals surface area contributed by atoms with Gasteiger partial charge in [-0.1, -0.05) is 28.1 Å². The van der Waals surface area contributed by atoms with Gasteiger partial charge in [-0.2, -0.15) is 0 Å². The summed E-state index contributed by atoms with van der Waals surface area (Å²) in [5, 5.41) is 3.38. The lowest BCUT2D eigenvalue weighted by atomic mass is 10.0. The number of likely N-dealkylation sites (N-methyl/N-ethyl adjacent to an activating group) is 1. The molecule has 19 heavy (non-hydrogen) atoms. The number of benzene rings is 1. The molecular weight excluding hydrogens is 304 g/mol. The van der Waals surface area contributed by atoms with Gasteiger partial charge in [-0.25, -0.2) is 0 Å². The second-order valence-corrected chi connectivity index (χ2v) is 5.90. The first-order valence-electron chi connectivity index (χ1n) is 6.95. The molecule has 4 heteroatoms. The summed E-state index contributed by atoms with van der Waals surface area (Å²) in [5.74, 6) is 0.231. The molecule has 1 heterocycles. The molecule has 1 N–H and O–H groups in total. The fraction of sp³-hybridized carbons (Fsp3) is 0.533. The average molecular weight is 325 g/mol. The molecule has 2 rings (SSSR count). The fourth-order valence-electron chi connectivity index (χ4n) is 2.66. The Bertz CT molecular complexity index is 430. The van der Waals surface area contributed by atoms with Gasteiger partial charge in [0.05, 0.1) is 6.42 Å². The molecule has 1 atom stereocenters. The van der Waals surface area contributed by atoms with E-state index in [0.717, 1.165) is 42.5 Å². The first kappa shape index (κ1) is 14.5. The van der Waals surface area contributed by atoms with Crippen LogP contribution in [0.4, 0.5) is 0 Å². The number of hydrogen-bond donors (Lipinski definition) is 1. The number of carbonyl (C=O) groups is 1. The van der Waals surface area contributed by atoms with Gasteiger partial charge in [0.2, 0.25) is 5.91 Å². The molecule has 0 aliphatic carbocycles. The summed E-state index contributed by atoms with van der Waals surface area (Å²) < 4.78 is 1.03. The minimum Gasteiger partial charge on any atom is -0.338 e. The highest BCUT2D eigenvalue weighted by Crippen LogP contribution is 2.15. The number of amides is 1. The number of hydrogen-bond acceptors (Lipinski definition) is 2. The molecule has 1 fully saturated rings. The SMILES string of the molecule is CCN(C(=O)Cc1cccc(Br)c1)C1CCCNC1. The van der Waals surface area contributed by atoms with E-state index < -0.39 is 0 Å². The Kier molecular flexibility index (Phi) is 5.40. The number of carbonyl (C=O) groups excluding carboxylic acids is 1. The maximum Gasteiger partial charge on any atom is 0.227 e. The van der Waals surface area contributed by atoms with Crippen LogP contribution in [0.2, 0.25) is 0 Å². The van der Waals surface area contributed by atoms with Crippen molar-refractivity contribution in [3.63, 3.8) is 0 Å². The maximum atomic E-state index is 12.4. The van der Waals surface area contributed by atoms with E-state index in [4.69, 9.17) is 0 Å². The zero-order chi connectivity index (χ0) is 13.7. The monoisotopic (exact) mass is 324 g/mol. The first-order chi connectivity index (χ1) is 9.20. The molecule has 1 amide bonds. The number of nitrogens with one attached hydrogen (secondary N) is 1. The van der Waals surface area contributed by atoms with Gasteiger partial charge in [0.1, 0.15) is 0 Å². The van der Waals surface area contributed by atoms with Crippen molar-refractivity contribution < 1.29 is 4.79 Å². The third-order valence-corrected chi connectivity index (χ3v) is 4.11. The van der Waals surface area contributed by atoms with Crippen molar-refractivity contribution in [2.75, 3.05) is 19.6 Å². The van der Waals surface area contributed by atoms with Gasteiger partial charge in [0.25, 0.3) is 0 Å². The molecule has 1 aliphatic rings. The Labute approximate surface area is 123 Å². The van der Waals surface area contributed by atoms with Crippen LogP contribution in [0.15, 0.2) is 28.7 Å². The molecule has 0 radical (unpaired) electrons. The second kappa shape index (κ2) is 7.06. The second-order valence-electron chi connectivity index (χ2n) is 4.99. The highest BCUT2D eigenvalue weighted by atomic mass is 79.9. The molecule has 0 saturated carbocycles. The topological polar surface area (TPSA) is 32.3 Å². The third kappa shape index (κ3) is 4.05. The van der Waals surface area contributed by atoms with Crippen molar-refractivity contribution in [2.45, 2.75) is 32.2 Å². The molecule has 3 nitrogen and oxygen atoms in total. The van der Waals surface area contributed by atoms with Gasteiger partial charge in [0.15, 0.2) is 0 Å². The van der Waals surface area contributed by atoms with Gasteiger partial charge in [-0.05, 0) is 44.0 Å². The highest BCUT2D eigenvalue weighted by molar-refractivity contribution is 9.10. The summed E-state index contributed by atoms with van der Waals surface area (Å²) in [6.07, 6.45) is 2.76. The van der Waals surface area contributed by atoms with E-state index in [9.17, 15) is 4.79 Å². The molecular formula is C15H21BrN2O. The van der Waals surface area contributed by atoms with Crippen LogP contribution in [0.5, 0.6) is 0 Å². The van der Waals surface area contributed by atoms with Gasteiger partial charge >= 0.3 is 0 Å². The van der Waals surface area contributed by atoms with E-state index in [1.165, 1.54) is 0 Å². The van der Waals surface area contributed by atoms with Crippen LogP contribution in [-0.2, 0) is 11.2 Å². The molecule has 1 saturated heterocycles. The molecule has 104 valence electrons. The van der Waals surface area contributed by atoms with E-state index in [1.54, 1.807) is 0 Å². The predicted molar refractivity (Wildman–Crippen MR) is 81.1 cm³/mol. The normalized spacial score (nSPS) is 19.2. The lowest BCUT2D eigenvalue weighted by molar-refractivity contribution is -0.132. The number of halogens is 1. The molecule has 0 bridgehead atoms. The maximum absolute atomic E-state index is 12.4. The molecule has 1 aromatic rings. The zero-order valence-corrected chi connectivity index (χ0v) is 12.9. The lowest BCUT2D eigenvalue weighted by Gasteiger charge is -2.34. The van der Waals surface area contributed by atoms with Crippen molar-refractivity contribution in [2.24, 2.45) is 0 Å². The fourth-order valence-corrected chi connectivity index (χ4v) is 3.11. The van der Waals surface area contributed by atoms with Gasteiger partial charge < -0.3 is 10.2 Å². The molecule has 1 aliphatic heterocycles. The largest absolute Gasteiger partial charge is 0.338 e. The van der Waals surface area contributed by atoms with Crippen LogP contribution < -0.4 is 5.32 Å². The molecule has 0 spiro atoms. The number of rotatable bonds is 4. The zero-order valence-electron chi connectivity index (χ0n) is 11.4. The van der Waals surface area contributed by atoms with Crippen LogP contribution >= 0.6 is 15.9 Å². The third-order valence-electron chi connectivity index (χ3n) is 3.62. The lowest BCUT2D eigenvalue weighted by Crippen LogP contribution is -2.49. The van der Waals surface area contributed by atoms with Gasteiger partial charge in [-0.15, -0.1) is 0 Å². The van der Waals surface area contributed by atoms with Crippen LogP contribution in [0.3, 0.4) is 0 Å². The Morgan fingerprint density at radius 2 is 2.37 bits per heavy atom. The quantitative estimate of drug-likeness (QED) is 0.923. The standard InChI is InChI=1S/C15H21BrN2O/c1-2-18(14-7-4-8-17-11-14)15(19)10-12-5-3-6-13(16)9-12/h3,5-6,9,14,17H,2,4,7-8,10-11H2,1H3. The van der Waals surface area contributed by atoms with Crippen LogP contribution in [-0.4, -0.2) is 36.5 Å². The Balaban J connectivity index is 2.00. The molecule has 1 unspecified atom stereocenters. The smallest absolute Gasteiger partial charge is 0.227 e. The molecule has 0 aromatic heterocycles. The van der Waals surface area contributed by atoms with E-state index in [2.05, 4.69) is 28.2 Å². The van der Waals surface area contributed by atoms with E-state index in [0.29, 0.717) is 12.5 Å². The van der Waals surface area contributed by atoms with Crippen molar-refractivity contribution in [3.05, 3.63) is 34.3 Å². The van der Waals surface area contributed by atoms with Crippen LogP contribution in [0.25, 0.3) is 0 Å². The summed E-state index contributed by atoms with van der Waals surface area (Å²) >= 11 is 3.45. The van der Waals surface area contributed by atoms with Crippen LogP contribution in [0.1, 0.15) is 25.3 Å². The van der Waals surface area contributed by atoms with Gasteiger partial charge in [0, 0.05) is 23.6 Å².